The van der Waals surface area contributed by atoms with E-state index in [1.165, 1.54) is 11.6 Å². The number of anilines is 1. The second kappa shape index (κ2) is 8.19. The zero-order chi connectivity index (χ0) is 19.5. The minimum atomic E-state index is -0.265. The fourth-order valence-corrected chi connectivity index (χ4v) is 4.01. The highest BCUT2D eigenvalue weighted by Gasteiger charge is 2.25. The third kappa shape index (κ3) is 3.97. The van der Waals surface area contributed by atoms with Gasteiger partial charge in [0.15, 0.2) is 0 Å². The first-order chi connectivity index (χ1) is 13.6. The molecule has 0 amide bonds. The summed E-state index contributed by atoms with van der Waals surface area (Å²) in [5.74, 6) is 1.21. The molecular weight excluding hydrogens is 355 g/mol. The Kier molecular flexibility index (Phi) is 5.48. The second-order valence-electron chi connectivity index (χ2n) is 7.53. The maximum atomic E-state index is 14.4. The summed E-state index contributed by atoms with van der Waals surface area (Å²) in [5, 5.41) is 10.3. The molecule has 0 spiro atoms. The van der Waals surface area contributed by atoms with Crippen molar-refractivity contribution in [2.24, 2.45) is 0 Å². The summed E-state index contributed by atoms with van der Waals surface area (Å²) in [6.45, 7) is 4.17. The average Bonchev–Trinajstić information content (AvgIpc) is 3.18. The molecule has 6 heteroatoms. The number of nitrogens with one attached hydrogen (secondary N) is 3. The molecule has 148 valence electrons. The molecule has 3 heterocycles. The number of hydrogen-bond donors (Lipinski definition) is 3. The normalized spacial score (nSPS) is 19.8. The maximum Gasteiger partial charge on any atom is 0.134 e. The van der Waals surface area contributed by atoms with Crippen LogP contribution in [0.3, 0.4) is 0 Å². The van der Waals surface area contributed by atoms with Crippen molar-refractivity contribution in [3.8, 4) is 5.75 Å². The molecule has 0 saturated carbocycles. The van der Waals surface area contributed by atoms with Crippen LogP contribution in [0.1, 0.15) is 42.1 Å². The van der Waals surface area contributed by atoms with E-state index >= 15 is 0 Å². The Morgan fingerprint density at radius 2 is 2.04 bits per heavy atom. The van der Waals surface area contributed by atoms with Crippen molar-refractivity contribution >= 4 is 11.4 Å². The predicted molar refractivity (Wildman–Crippen MR) is 110 cm³/mol. The van der Waals surface area contributed by atoms with Crippen LogP contribution >= 0.6 is 0 Å². The van der Waals surface area contributed by atoms with Crippen molar-refractivity contribution in [2.75, 3.05) is 25.5 Å². The van der Waals surface area contributed by atoms with Crippen LogP contribution < -0.4 is 20.7 Å². The van der Waals surface area contributed by atoms with Gasteiger partial charge >= 0.3 is 0 Å². The van der Waals surface area contributed by atoms with Crippen LogP contribution in [0.15, 0.2) is 36.5 Å². The number of nitrogens with zero attached hydrogens (tertiary/aromatic N) is 1. The lowest BCUT2D eigenvalue weighted by atomic mass is 9.99. The van der Waals surface area contributed by atoms with Gasteiger partial charge in [0.05, 0.1) is 24.4 Å². The molecule has 1 atom stereocenters. The highest BCUT2D eigenvalue weighted by molar-refractivity contribution is 5.73. The van der Waals surface area contributed by atoms with Gasteiger partial charge in [0.1, 0.15) is 17.4 Å². The highest BCUT2D eigenvalue weighted by Crippen LogP contribution is 2.37. The van der Waals surface area contributed by atoms with E-state index in [1.54, 1.807) is 19.2 Å². The van der Waals surface area contributed by atoms with Crippen molar-refractivity contribution < 1.29 is 9.13 Å². The summed E-state index contributed by atoms with van der Waals surface area (Å²) < 4.78 is 19.8. The molecule has 4 rings (SSSR count). The third-order valence-electron chi connectivity index (χ3n) is 5.44. The molecule has 3 N–H and O–H groups in total. The van der Waals surface area contributed by atoms with Gasteiger partial charge in [-0.25, -0.2) is 9.37 Å². The quantitative estimate of drug-likeness (QED) is 0.735. The maximum absolute atomic E-state index is 14.4. The molecule has 1 unspecified atom stereocenters. The van der Waals surface area contributed by atoms with E-state index in [0.29, 0.717) is 23.8 Å². The number of hydrogen-bond acceptors (Lipinski definition) is 5. The Labute approximate surface area is 165 Å². The Morgan fingerprint density at radius 1 is 1.21 bits per heavy atom. The highest BCUT2D eigenvalue weighted by atomic mass is 19.1. The molecule has 1 saturated heterocycles. The van der Waals surface area contributed by atoms with Crippen molar-refractivity contribution in [1.29, 1.82) is 0 Å². The fraction of sp³-hybridized carbons (Fsp3) is 0.409. The summed E-state index contributed by atoms with van der Waals surface area (Å²) in [6.07, 6.45) is 4.76. The van der Waals surface area contributed by atoms with Crippen LogP contribution in [0, 0.1) is 12.7 Å². The van der Waals surface area contributed by atoms with Crippen molar-refractivity contribution in [3.05, 3.63) is 59.2 Å². The number of ether oxygens (including phenoxy) is 1. The fourth-order valence-electron chi connectivity index (χ4n) is 4.01. The van der Waals surface area contributed by atoms with Crippen LogP contribution in [0.5, 0.6) is 5.75 Å². The van der Waals surface area contributed by atoms with Gasteiger partial charge in [-0.1, -0.05) is 6.07 Å². The van der Waals surface area contributed by atoms with Gasteiger partial charge in [-0.2, -0.15) is 0 Å². The smallest absolute Gasteiger partial charge is 0.134 e. The van der Waals surface area contributed by atoms with Crippen LogP contribution in [-0.4, -0.2) is 31.2 Å². The number of pyridine rings is 1. The Hall–Kier alpha value is -2.60. The van der Waals surface area contributed by atoms with Gasteiger partial charge in [-0.05, 0) is 68.3 Å². The molecule has 1 aromatic carbocycles. The van der Waals surface area contributed by atoms with E-state index in [0.717, 1.165) is 43.0 Å². The van der Waals surface area contributed by atoms with Crippen LogP contribution in [0.4, 0.5) is 10.2 Å². The number of halogens is 1. The monoisotopic (exact) mass is 382 g/mol. The number of rotatable bonds is 5. The van der Waals surface area contributed by atoms with E-state index in [-0.39, 0.29) is 11.9 Å². The minimum absolute atomic E-state index is 0.0211. The Morgan fingerprint density at radius 3 is 2.82 bits per heavy atom. The van der Waals surface area contributed by atoms with E-state index < -0.39 is 0 Å². The van der Waals surface area contributed by atoms with Crippen LogP contribution in [0.2, 0.25) is 0 Å². The summed E-state index contributed by atoms with van der Waals surface area (Å²) >= 11 is 0. The molecule has 2 aliphatic rings. The SMILES string of the molecule is COc1cccc(F)c1C1=CNC(c2cc(C)cc(NC3CCNCC3)n2)C1. The first-order valence-corrected chi connectivity index (χ1v) is 9.88. The van der Waals surface area contributed by atoms with E-state index in [1.807, 2.05) is 6.20 Å². The predicted octanol–water partition coefficient (Wildman–Crippen LogP) is 3.78. The first-order valence-electron chi connectivity index (χ1n) is 9.88. The second-order valence-corrected chi connectivity index (χ2v) is 7.53. The molecular formula is C22H27FN4O. The summed E-state index contributed by atoms with van der Waals surface area (Å²) in [4.78, 5) is 4.85. The molecule has 1 fully saturated rings. The Bertz CT molecular complexity index is 877. The lowest BCUT2D eigenvalue weighted by Crippen LogP contribution is -2.35. The molecule has 0 bridgehead atoms. The number of benzene rings is 1. The minimum Gasteiger partial charge on any atom is -0.496 e. The zero-order valence-electron chi connectivity index (χ0n) is 16.4. The molecule has 0 radical (unpaired) electrons. The summed E-state index contributed by atoms with van der Waals surface area (Å²) in [6, 6.07) is 9.59. The first kappa shape index (κ1) is 18.7. The van der Waals surface area contributed by atoms with Gasteiger partial charge in [-0.15, -0.1) is 0 Å². The van der Waals surface area contributed by atoms with Gasteiger partial charge < -0.3 is 20.7 Å². The standard InChI is InChI=1S/C22H27FN4O/c1-14-10-19(27-21(11-14)26-16-6-8-24-9-7-16)18-12-15(13-25-18)22-17(23)4-3-5-20(22)28-2/h3-5,10-11,13,16,18,24-25H,6-9,12H2,1-2H3,(H,26,27). The molecule has 28 heavy (non-hydrogen) atoms. The largest absolute Gasteiger partial charge is 0.496 e. The van der Waals surface area contributed by atoms with Gasteiger partial charge in [0.2, 0.25) is 0 Å². The lowest BCUT2D eigenvalue weighted by molar-refractivity contribution is 0.409. The lowest BCUT2D eigenvalue weighted by Gasteiger charge is -2.25. The summed E-state index contributed by atoms with van der Waals surface area (Å²) in [5.41, 5.74) is 3.56. The number of piperidine rings is 1. The number of aryl methyl sites for hydroxylation is 1. The number of methoxy groups -OCH3 is 1. The van der Waals surface area contributed by atoms with E-state index in [9.17, 15) is 4.39 Å². The van der Waals surface area contributed by atoms with Crippen LogP contribution in [0.25, 0.3) is 5.57 Å². The van der Waals surface area contributed by atoms with Crippen molar-refractivity contribution in [2.45, 2.75) is 38.3 Å². The molecule has 1 aromatic heterocycles. The van der Waals surface area contributed by atoms with Crippen molar-refractivity contribution in [3.63, 3.8) is 0 Å². The van der Waals surface area contributed by atoms with Crippen LogP contribution in [-0.2, 0) is 0 Å². The zero-order valence-corrected chi connectivity index (χ0v) is 16.4. The molecule has 2 aromatic rings. The van der Waals surface area contributed by atoms with Crippen molar-refractivity contribution in [1.82, 2.24) is 15.6 Å². The van der Waals surface area contributed by atoms with E-state index in [4.69, 9.17) is 9.72 Å². The average molecular weight is 382 g/mol. The van der Waals surface area contributed by atoms with Gasteiger partial charge in [0.25, 0.3) is 0 Å². The van der Waals surface area contributed by atoms with E-state index in [2.05, 4.69) is 35.0 Å². The molecule has 2 aliphatic heterocycles. The molecule has 0 aliphatic carbocycles. The van der Waals surface area contributed by atoms with Gasteiger partial charge in [-0.3, -0.25) is 0 Å². The van der Waals surface area contributed by atoms with Gasteiger partial charge in [0, 0.05) is 18.7 Å². The third-order valence-corrected chi connectivity index (χ3v) is 5.44. The molecule has 5 nitrogen and oxygen atoms in total. The topological polar surface area (TPSA) is 58.2 Å². The summed E-state index contributed by atoms with van der Waals surface area (Å²) in [7, 11) is 1.57. The number of aromatic nitrogens is 1. The Balaban J connectivity index is 1.52.